The van der Waals surface area contributed by atoms with Crippen molar-refractivity contribution in [3.8, 4) is 0 Å². The fraction of sp³-hybridized carbons (Fsp3) is 0.733. The number of fused-ring (bicyclic) bond motifs is 2. The van der Waals surface area contributed by atoms with Crippen molar-refractivity contribution >= 4 is 17.7 Å². The van der Waals surface area contributed by atoms with Crippen molar-refractivity contribution in [2.45, 2.75) is 43.8 Å². The van der Waals surface area contributed by atoms with E-state index in [2.05, 4.69) is 17.2 Å². The van der Waals surface area contributed by atoms with Crippen molar-refractivity contribution in [3.05, 3.63) is 12.4 Å². The summed E-state index contributed by atoms with van der Waals surface area (Å²) in [5, 5.41) is 4.09. The third-order valence-corrected chi connectivity index (χ3v) is 5.99. The van der Waals surface area contributed by atoms with Gasteiger partial charge >= 0.3 is 0 Å². The van der Waals surface area contributed by atoms with Gasteiger partial charge in [0, 0.05) is 25.5 Å². The third-order valence-electron chi connectivity index (χ3n) is 4.93. The van der Waals surface area contributed by atoms with Crippen molar-refractivity contribution in [2.24, 2.45) is 24.8 Å². The molecule has 0 aromatic carbocycles. The van der Waals surface area contributed by atoms with Gasteiger partial charge in [0.2, 0.25) is 5.91 Å². The Hall–Kier alpha value is -0.970. The smallest absolute Gasteiger partial charge is 0.230 e. The molecule has 1 aromatic heterocycles. The molecule has 0 spiro atoms. The molecule has 2 aliphatic rings. The molecule has 1 heterocycles. The molecule has 110 valence electrons. The standard InChI is InChI=1S/C15H23N3OS/c1-10(13-8-11-3-4-12(13)7-11)17-14(19)9-20-15-16-5-6-18(15)2/h5-6,10-13H,3-4,7-9H2,1-2H3,(H,17,19). The number of imidazole rings is 1. The Bertz CT molecular complexity index is 487. The van der Waals surface area contributed by atoms with Gasteiger partial charge in [-0.05, 0) is 43.9 Å². The van der Waals surface area contributed by atoms with Gasteiger partial charge in [-0.25, -0.2) is 4.98 Å². The van der Waals surface area contributed by atoms with E-state index in [0.717, 1.165) is 17.0 Å². The van der Waals surface area contributed by atoms with Gasteiger partial charge in [0.1, 0.15) is 0 Å². The van der Waals surface area contributed by atoms with Crippen LogP contribution in [0.3, 0.4) is 0 Å². The van der Waals surface area contributed by atoms with Gasteiger partial charge in [-0.3, -0.25) is 4.79 Å². The fourth-order valence-corrected chi connectivity index (χ4v) is 4.67. The lowest BCUT2D eigenvalue weighted by molar-refractivity contribution is -0.119. The van der Waals surface area contributed by atoms with E-state index in [1.807, 2.05) is 17.8 Å². The molecule has 4 atom stereocenters. The second-order valence-corrected chi connectivity index (χ2v) is 7.25. The SMILES string of the molecule is CC(NC(=O)CSc1nccn1C)C1CC2CCC1C2. The first-order chi connectivity index (χ1) is 9.63. The number of aryl methyl sites for hydroxylation is 1. The minimum atomic E-state index is 0.133. The first-order valence-corrected chi connectivity index (χ1v) is 8.51. The normalized spacial score (nSPS) is 29.6. The number of nitrogens with zero attached hydrogens (tertiary/aromatic N) is 2. The number of carbonyl (C=O) groups is 1. The second kappa shape index (κ2) is 5.80. The highest BCUT2D eigenvalue weighted by atomic mass is 32.2. The van der Waals surface area contributed by atoms with E-state index in [9.17, 15) is 4.79 Å². The maximum absolute atomic E-state index is 12.1. The minimum Gasteiger partial charge on any atom is -0.353 e. The van der Waals surface area contributed by atoms with Crippen LogP contribution in [0.25, 0.3) is 0 Å². The fourth-order valence-electron chi connectivity index (χ4n) is 3.93. The molecular formula is C15H23N3OS. The summed E-state index contributed by atoms with van der Waals surface area (Å²) in [6.07, 6.45) is 9.16. The van der Waals surface area contributed by atoms with E-state index in [4.69, 9.17) is 0 Å². The Balaban J connectivity index is 1.45. The number of nitrogens with one attached hydrogen (secondary N) is 1. The van der Waals surface area contributed by atoms with Crippen molar-refractivity contribution < 1.29 is 4.79 Å². The van der Waals surface area contributed by atoms with Crippen LogP contribution < -0.4 is 5.32 Å². The van der Waals surface area contributed by atoms with E-state index in [1.54, 1.807) is 6.20 Å². The van der Waals surface area contributed by atoms with Gasteiger partial charge in [-0.1, -0.05) is 18.2 Å². The van der Waals surface area contributed by atoms with Gasteiger partial charge in [-0.15, -0.1) is 0 Å². The topological polar surface area (TPSA) is 46.9 Å². The monoisotopic (exact) mass is 293 g/mol. The number of hydrogen-bond donors (Lipinski definition) is 1. The molecule has 2 aliphatic carbocycles. The first-order valence-electron chi connectivity index (χ1n) is 7.53. The highest BCUT2D eigenvalue weighted by molar-refractivity contribution is 7.99. The molecule has 1 amide bonds. The van der Waals surface area contributed by atoms with Gasteiger partial charge in [0.25, 0.3) is 0 Å². The third kappa shape index (κ3) is 2.87. The number of thioether (sulfide) groups is 1. The largest absolute Gasteiger partial charge is 0.353 e. The molecule has 20 heavy (non-hydrogen) atoms. The predicted molar refractivity (Wildman–Crippen MR) is 80.5 cm³/mol. The summed E-state index contributed by atoms with van der Waals surface area (Å²) in [6.45, 7) is 2.18. The average molecular weight is 293 g/mol. The summed E-state index contributed by atoms with van der Waals surface area (Å²) >= 11 is 1.50. The predicted octanol–water partition coefficient (Wildman–Crippen LogP) is 2.45. The number of hydrogen-bond acceptors (Lipinski definition) is 3. The molecule has 2 saturated carbocycles. The highest BCUT2D eigenvalue weighted by Gasteiger charge is 2.42. The van der Waals surface area contributed by atoms with Crippen LogP contribution in [-0.4, -0.2) is 27.3 Å². The Morgan fingerprint density at radius 1 is 1.55 bits per heavy atom. The number of rotatable bonds is 5. The van der Waals surface area contributed by atoms with Gasteiger partial charge < -0.3 is 9.88 Å². The quantitative estimate of drug-likeness (QED) is 0.848. The first kappa shape index (κ1) is 14.0. The maximum atomic E-state index is 12.1. The molecule has 0 radical (unpaired) electrons. The van der Waals surface area contributed by atoms with Crippen LogP contribution in [0.1, 0.15) is 32.6 Å². The van der Waals surface area contributed by atoms with Crippen molar-refractivity contribution in [2.75, 3.05) is 5.75 Å². The average Bonchev–Trinajstić information content (AvgIpc) is 3.12. The lowest BCUT2D eigenvalue weighted by atomic mass is 9.84. The Morgan fingerprint density at radius 2 is 2.40 bits per heavy atom. The Kier molecular flexibility index (Phi) is 4.06. The summed E-state index contributed by atoms with van der Waals surface area (Å²) in [6, 6.07) is 0.319. The van der Waals surface area contributed by atoms with Crippen LogP contribution in [0.5, 0.6) is 0 Å². The Morgan fingerprint density at radius 3 is 3.00 bits per heavy atom. The van der Waals surface area contributed by atoms with Gasteiger partial charge in [0.05, 0.1) is 5.75 Å². The Labute approximate surface area is 124 Å². The second-order valence-electron chi connectivity index (χ2n) is 6.30. The van der Waals surface area contributed by atoms with Crippen LogP contribution in [-0.2, 0) is 11.8 Å². The van der Waals surface area contributed by atoms with E-state index in [1.165, 1.54) is 37.4 Å². The lowest BCUT2D eigenvalue weighted by Crippen LogP contribution is -2.40. The molecule has 1 N–H and O–H groups in total. The van der Waals surface area contributed by atoms with Crippen LogP contribution in [0.15, 0.2) is 17.6 Å². The van der Waals surface area contributed by atoms with E-state index < -0.39 is 0 Å². The highest BCUT2D eigenvalue weighted by Crippen LogP contribution is 2.49. The molecule has 1 aromatic rings. The number of carbonyl (C=O) groups excluding carboxylic acids is 1. The zero-order chi connectivity index (χ0) is 14.1. The minimum absolute atomic E-state index is 0.133. The summed E-state index contributed by atoms with van der Waals surface area (Å²) < 4.78 is 1.94. The summed E-state index contributed by atoms with van der Waals surface area (Å²) in [4.78, 5) is 16.3. The zero-order valence-corrected chi connectivity index (χ0v) is 13.0. The molecule has 4 nitrogen and oxygen atoms in total. The zero-order valence-electron chi connectivity index (χ0n) is 12.2. The van der Waals surface area contributed by atoms with Crippen molar-refractivity contribution in [1.29, 1.82) is 0 Å². The molecule has 2 bridgehead atoms. The summed E-state index contributed by atoms with van der Waals surface area (Å²) in [7, 11) is 1.95. The van der Waals surface area contributed by atoms with Gasteiger partial charge in [0.15, 0.2) is 5.16 Å². The van der Waals surface area contributed by atoms with Gasteiger partial charge in [-0.2, -0.15) is 0 Å². The molecule has 5 heteroatoms. The van der Waals surface area contributed by atoms with Crippen LogP contribution in [0, 0.1) is 17.8 Å². The molecular weight excluding hydrogens is 270 g/mol. The van der Waals surface area contributed by atoms with Crippen molar-refractivity contribution in [1.82, 2.24) is 14.9 Å². The van der Waals surface area contributed by atoms with Crippen LogP contribution >= 0.6 is 11.8 Å². The molecule has 0 saturated heterocycles. The van der Waals surface area contributed by atoms with E-state index in [-0.39, 0.29) is 5.91 Å². The number of aromatic nitrogens is 2. The molecule has 0 aliphatic heterocycles. The summed E-state index contributed by atoms with van der Waals surface area (Å²) in [5.74, 6) is 3.09. The van der Waals surface area contributed by atoms with E-state index >= 15 is 0 Å². The number of amides is 1. The van der Waals surface area contributed by atoms with Crippen molar-refractivity contribution in [3.63, 3.8) is 0 Å². The maximum Gasteiger partial charge on any atom is 0.230 e. The molecule has 2 fully saturated rings. The lowest BCUT2D eigenvalue weighted by Gasteiger charge is -2.28. The molecule has 4 unspecified atom stereocenters. The van der Waals surface area contributed by atoms with Crippen LogP contribution in [0.4, 0.5) is 0 Å². The van der Waals surface area contributed by atoms with E-state index in [0.29, 0.717) is 17.7 Å². The summed E-state index contributed by atoms with van der Waals surface area (Å²) in [5.41, 5.74) is 0. The molecule has 3 rings (SSSR count). The van der Waals surface area contributed by atoms with Crippen LogP contribution in [0.2, 0.25) is 0 Å².